The summed E-state index contributed by atoms with van der Waals surface area (Å²) in [7, 11) is 0. The number of hydrogen-bond acceptors (Lipinski definition) is 9. The Hall–Kier alpha value is -3.37. The van der Waals surface area contributed by atoms with Crippen LogP contribution in [0.1, 0.15) is 50.4 Å². The number of carbonyl (C=O) groups excluding carboxylic acids is 1. The normalized spacial score (nSPS) is 18.8. The van der Waals surface area contributed by atoms with Crippen molar-refractivity contribution >= 4 is 30.2 Å². The van der Waals surface area contributed by atoms with Gasteiger partial charge in [0.2, 0.25) is 5.82 Å². The lowest BCUT2D eigenvalue weighted by Crippen LogP contribution is -2.50. The minimum Gasteiger partial charge on any atom is -0.388 e. The largest absolute Gasteiger partial charge is 0.411 e. The molecule has 0 radical (unpaired) electrons. The van der Waals surface area contributed by atoms with Gasteiger partial charge < -0.3 is 20.1 Å². The molecule has 1 aromatic carbocycles. The third-order valence-electron chi connectivity index (χ3n) is 7.09. The summed E-state index contributed by atoms with van der Waals surface area (Å²) in [6.45, 7) is 11.7. The van der Waals surface area contributed by atoms with Crippen molar-refractivity contribution in [2.75, 3.05) is 37.9 Å². The van der Waals surface area contributed by atoms with E-state index in [2.05, 4.69) is 33.4 Å². The first-order valence-electron chi connectivity index (χ1n) is 12.9. The minimum atomic E-state index is -1.09. The van der Waals surface area contributed by atoms with Gasteiger partial charge in [-0.2, -0.15) is 0 Å². The first kappa shape index (κ1) is 26.7. The Bertz CT molecular complexity index is 1130. The quantitative estimate of drug-likeness (QED) is 0.403. The molecule has 0 unspecified atom stereocenters. The molecule has 1 aromatic heterocycles. The van der Waals surface area contributed by atoms with Gasteiger partial charge in [-0.05, 0) is 45.4 Å². The van der Waals surface area contributed by atoms with E-state index in [4.69, 9.17) is 25.6 Å². The smallest absolute Gasteiger partial charge is 0.388 e. The van der Waals surface area contributed by atoms with Crippen LogP contribution in [0, 0.1) is 18.3 Å². The number of morpholine rings is 1. The van der Waals surface area contributed by atoms with Crippen molar-refractivity contribution in [1.29, 1.82) is 5.41 Å². The predicted molar refractivity (Wildman–Crippen MR) is 145 cm³/mol. The molecule has 2 aliphatic rings. The summed E-state index contributed by atoms with van der Waals surface area (Å²) in [6, 6.07) is 8.27. The second kappa shape index (κ2) is 12.2. The third-order valence-corrected chi connectivity index (χ3v) is 7.09. The van der Waals surface area contributed by atoms with Crippen LogP contribution in [0.25, 0.3) is 11.3 Å². The molecule has 1 aliphatic carbocycles. The summed E-state index contributed by atoms with van der Waals surface area (Å²) in [6.07, 6.45) is 5.03. The lowest BCUT2D eigenvalue weighted by molar-refractivity contribution is -0.000478. The number of hydrogen-bond donors (Lipinski definition) is 2. The second-order valence-electron chi connectivity index (χ2n) is 9.95. The van der Waals surface area contributed by atoms with Crippen LogP contribution in [-0.4, -0.2) is 72.6 Å². The van der Waals surface area contributed by atoms with Crippen LogP contribution in [0.2, 0.25) is 0 Å². The number of ether oxygens (including phenoxy) is 2. The zero-order chi connectivity index (χ0) is 26.4. The molecule has 1 atom stereocenters. The van der Waals surface area contributed by atoms with E-state index in [0.717, 1.165) is 29.9 Å². The monoisotopic (exact) mass is 507 g/mol. The Morgan fingerprint density at radius 2 is 2.11 bits per heavy atom. The molecule has 1 saturated heterocycles. The Kier molecular flexibility index (Phi) is 8.83. The SMILES string of the molecule is C=Nc1nc(C(=N)OC(N)=O)nc(-c2cccc(C)c2)c1N(CC1CCCCC1)CN1CCOC[C@H]1C. The van der Waals surface area contributed by atoms with Crippen molar-refractivity contribution in [3.05, 3.63) is 35.7 Å². The molecule has 198 valence electrons. The van der Waals surface area contributed by atoms with Gasteiger partial charge in [0.25, 0.3) is 5.90 Å². The van der Waals surface area contributed by atoms with Crippen LogP contribution >= 0.6 is 0 Å². The highest BCUT2D eigenvalue weighted by Gasteiger charge is 2.29. The number of carbonyl (C=O) groups is 1. The maximum absolute atomic E-state index is 11.3. The number of anilines is 1. The first-order valence-corrected chi connectivity index (χ1v) is 12.9. The Morgan fingerprint density at radius 3 is 2.78 bits per heavy atom. The number of amides is 1. The van der Waals surface area contributed by atoms with Crippen LogP contribution in [0.15, 0.2) is 29.3 Å². The van der Waals surface area contributed by atoms with Crippen LogP contribution in [-0.2, 0) is 9.47 Å². The fraction of sp³-hybridized carbons (Fsp3) is 0.519. The molecular formula is C27H37N7O3. The van der Waals surface area contributed by atoms with Crippen molar-refractivity contribution in [1.82, 2.24) is 14.9 Å². The first-order chi connectivity index (χ1) is 17.9. The fourth-order valence-corrected chi connectivity index (χ4v) is 5.18. The van der Waals surface area contributed by atoms with Gasteiger partial charge >= 0.3 is 6.09 Å². The van der Waals surface area contributed by atoms with E-state index in [-0.39, 0.29) is 11.9 Å². The fourth-order valence-electron chi connectivity index (χ4n) is 5.18. The number of nitrogens with two attached hydrogens (primary N) is 1. The van der Waals surface area contributed by atoms with Gasteiger partial charge in [-0.15, -0.1) is 0 Å². The molecule has 0 bridgehead atoms. The molecule has 0 spiro atoms. The highest BCUT2D eigenvalue weighted by atomic mass is 16.6. The van der Waals surface area contributed by atoms with E-state index in [1.165, 1.54) is 32.1 Å². The Morgan fingerprint density at radius 1 is 1.32 bits per heavy atom. The van der Waals surface area contributed by atoms with E-state index in [1.54, 1.807) is 0 Å². The number of primary amides is 1. The molecule has 1 amide bonds. The summed E-state index contributed by atoms with van der Waals surface area (Å²) < 4.78 is 10.5. The Labute approximate surface area is 218 Å². The van der Waals surface area contributed by atoms with Crippen LogP contribution in [0.5, 0.6) is 0 Å². The average Bonchev–Trinajstić information content (AvgIpc) is 2.89. The summed E-state index contributed by atoms with van der Waals surface area (Å²) >= 11 is 0. The lowest BCUT2D eigenvalue weighted by Gasteiger charge is -2.40. The summed E-state index contributed by atoms with van der Waals surface area (Å²) in [5, 5.41) is 8.20. The lowest BCUT2D eigenvalue weighted by atomic mass is 9.89. The molecule has 10 heteroatoms. The molecule has 4 rings (SSSR count). The van der Waals surface area contributed by atoms with Crippen molar-refractivity contribution in [2.45, 2.75) is 52.0 Å². The minimum absolute atomic E-state index is 0.0705. The number of nitrogens with one attached hydrogen (secondary N) is 1. The molecular weight excluding hydrogens is 470 g/mol. The second-order valence-corrected chi connectivity index (χ2v) is 9.95. The van der Waals surface area contributed by atoms with Gasteiger partial charge in [0, 0.05) is 24.7 Å². The van der Waals surface area contributed by atoms with Crippen molar-refractivity contribution in [3.8, 4) is 11.3 Å². The number of benzene rings is 1. The van der Waals surface area contributed by atoms with Crippen LogP contribution in [0.3, 0.4) is 0 Å². The van der Waals surface area contributed by atoms with Gasteiger partial charge in [-0.25, -0.2) is 19.8 Å². The standard InChI is InChI=1S/C27H37N7O3/c1-18-8-7-11-21(14-18)22-23(25(30-3)32-26(31-22)24(28)37-27(29)35)34(15-20-9-5-4-6-10-20)17-33-12-13-36-16-19(33)2/h7-8,11,14,19-20,28H,3-6,9-10,12-13,15-17H2,1-2H3,(H2,29,35)/t19-/m1/s1. The van der Waals surface area contributed by atoms with E-state index in [0.29, 0.717) is 37.3 Å². The maximum atomic E-state index is 11.3. The molecule has 2 heterocycles. The molecule has 2 fully saturated rings. The van der Waals surface area contributed by atoms with Crippen LogP contribution in [0.4, 0.5) is 16.3 Å². The van der Waals surface area contributed by atoms with Crippen molar-refractivity contribution in [3.63, 3.8) is 0 Å². The van der Waals surface area contributed by atoms with E-state index in [9.17, 15) is 4.79 Å². The Balaban J connectivity index is 1.84. The van der Waals surface area contributed by atoms with E-state index >= 15 is 0 Å². The molecule has 10 nitrogen and oxygen atoms in total. The summed E-state index contributed by atoms with van der Waals surface area (Å²) in [4.78, 5) is 29.6. The number of aryl methyl sites for hydroxylation is 1. The highest BCUT2D eigenvalue weighted by molar-refractivity contribution is 5.97. The summed E-state index contributed by atoms with van der Waals surface area (Å²) in [5.74, 6) is 0.289. The third kappa shape index (κ3) is 6.69. The number of aliphatic imine (C=N–C) groups is 1. The molecule has 2 aromatic rings. The molecule has 3 N–H and O–H groups in total. The van der Waals surface area contributed by atoms with Gasteiger partial charge in [0.15, 0.2) is 5.82 Å². The zero-order valence-electron chi connectivity index (χ0n) is 21.8. The van der Waals surface area contributed by atoms with Gasteiger partial charge in [-0.3, -0.25) is 10.3 Å². The predicted octanol–water partition coefficient (Wildman–Crippen LogP) is 4.27. The van der Waals surface area contributed by atoms with Gasteiger partial charge in [0.1, 0.15) is 11.4 Å². The zero-order valence-corrected chi connectivity index (χ0v) is 21.8. The maximum Gasteiger partial charge on any atom is 0.411 e. The number of nitrogens with zero attached hydrogens (tertiary/aromatic N) is 5. The topological polar surface area (TPSA) is 130 Å². The van der Waals surface area contributed by atoms with E-state index < -0.39 is 12.0 Å². The molecule has 1 saturated carbocycles. The highest BCUT2D eigenvalue weighted by Crippen LogP contribution is 2.39. The summed E-state index contributed by atoms with van der Waals surface area (Å²) in [5.41, 5.74) is 8.46. The molecule has 1 aliphatic heterocycles. The average molecular weight is 508 g/mol. The molecule has 37 heavy (non-hydrogen) atoms. The van der Waals surface area contributed by atoms with Crippen molar-refractivity contribution in [2.24, 2.45) is 16.6 Å². The van der Waals surface area contributed by atoms with Gasteiger partial charge in [0.05, 0.1) is 19.9 Å². The van der Waals surface area contributed by atoms with E-state index in [1.807, 2.05) is 31.2 Å². The van der Waals surface area contributed by atoms with Crippen molar-refractivity contribution < 1.29 is 14.3 Å². The number of rotatable bonds is 8. The number of aromatic nitrogens is 2. The van der Waals surface area contributed by atoms with Crippen LogP contribution < -0.4 is 10.6 Å². The van der Waals surface area contributed by atoms with Gasteiger partial charge in [-0.1, -0.05) is 43.0 Å².